The highest BCUT2D eigenvalue weighted by Crippen LogP contribution is 2.23. The molecule has 0 saturated carbocycles. The fraction of sp³-hybridized carbons (Fsp3) is 0.400. The lowest BCUT2D eigenvalue weighted by atomic mass is 10.0. The molecule has 20 heavy (non-hydrogen) atoms. The van der Waals surface area contributed by atoms with E-state index in [1.807, 2.05) is 24.5 Å². The Bertz CT molecular complexity index is 498. The van der Waals surface area contributed by atoms with Crippen molar-refractivity contribution < 1.29 is 4.74 Å². The number of methoxy groups -OCH3 is 1. The van der Waals surface area contributed by atoms with Gasteiger partial charge in [-0.2, -0.15) is 5.10 Å². The molecule has 108 valence electrons. The number of hydrogen-bond acceptors (Lipinski definition) is 3. The van der Waals surface area contributed by atoms with Gasteiger partial charge in [0.15, 0.2) is 0 Å². The molecule has 0 fully saturated rings. The Hall–Kier alpha value is -1.36. The predicted molar refractivity (Wildman–Crippen MR) is 80.8 cm³/mol. The highest BCUT2D eigenvalue weighted by Gasteiger charge is 2.15. The van der Waals surface area contributed by atoms with Crippen molar-refractivity contribution in [3.05, 3.63) is 52.8 Å². The van der Waals surface area contributed by atoms with Crippen molar-refractivity contribution in [3.63, 3.8) is 0 Å². The van der Waals surface area contributed by atoms with Gasteiger partial charge in [0.2, 0.25) is 0 Å². The largest absolute Gasteiger partial charge is 0.385 e. The number of nitrogens with one attached hydrogen (secondary N) is 2. The first kappa shape index (κ1) is 15.0. The Kier molecular flexibility index (Phi) is 5.59. The lowest BCUT2D eigenvalue weighted by molar-refractivity contribution is 0.181. The Labute approximate surface area is 124 Å². The number of benzene rings is 1. The molecule has 0 saturated heterocycles. The third kappa shape index (κ3) is 4.07. The zero-order chi connectivity index (χ0) is 14.4. The maximum atomic E-state index is 5.95. The van der Waals surface area contributed by atoms with Gasteiger partial charge in [-0.3, -0.25) is 5.10 Å². The fourth-order valence-corrected chi connectivity index (χ4v) is 2.30. The molecule has 2 aromatic rings. The minimum atomic E-state index is 0.214. The number of H-pyrrole nitrogens is 1. The summed E-state index contributed by atoms with van der Waals surface area (Å²) in [6.07, 6.45) is 4.65. The number of rotatable bonds is 7. The number of halogens is 1. The topological polar surface area (TPSA) is 49.9 Å². The van der Waals surface area contributed by atoms with Crippen LogP contribution in [-0.2, 0) is 4.74 Å². The highest BCUT2D eigenvalue weighted by molar-refractivity contribution is 6.30. The van der Waals surface area contributed by atoms with E-state index >= 15 is 0 Å². The van der Waals surface area contributed by atoms with Crippen molar-refractivity contribution in [2.24, 2.45) is 0 Å². The van der Waals surface area contributed by atoms with E-state index < -0.39 is 0 Å². The summed E-state index contributed by atoms with van der Waals surface area (Å²) in [6.45, 7) is 2.83. The molecule has 5 heteroatoms. The molecule has 0 bridgehead atoms. The molecule has 0 spiro atoms. The summed E-state index contributed by atoms with van der Waals surface area (Å²) in [7, 11) is 1.72. The summed E-state index contributed by atoms with van der Waals surface area (Å²) in [4.78, 5) is 0. The standard InChI is InChI=1S/C15H20ClN3O/c1-11(13-9-17-18-10-13)19-15(7-8-20-2)12-3-5-14(16)6-4-12/h3-6,9-11,15,19H,7-8H2,1-2H3,(H,17,18)/t11-,15+/m0/s1. The average Bonchev–Trinajstić information content (AvgIpc) is 2.98. The van der Waals surface area contributed by atoms with Gasteiger partial charge in [-0.05, 0) is 31.0 Å². The second-order valence-electron chi connectivity index (χ2n) is 4.81. The zero-order valence-electron chi connectivity index (χ0n) is 11.8. The van der Waals surface area contributed by atoms with Crippen LogP contribution in [0.4, 0.5) is 0 Å². The van der Waals surface area contributed by atoms with Crippen LogP contribution in [0.25, 0.3) is 0 Å². The molecule has 2 atom stereocenters. The van der Waals surface area contributed by atoms with E-state index in [2.05, 4.69) is 34.6 Å². The molecule has 0 amide bonds. The molecule has 1 heterocycles. The van der Waals surface area contributed by atoms with Gasteiger partial charge in [-0.15, -0.1) is 0 Å². The molecular formula is C15H20ClN3O. The van der Waals surface area contributed by atoms with Gasteiger partial charge in [0.25, 0.3) is 0 Å². The molecule has 2 rings (SSSR count). The molecule has 0 aliphatic heterocycles. The number of ether oxygens (including phenoxy) is 1. The SMILES string of the molecule is COCC[C@@H](N[C@@H](C)c1cn[nH]c1)c1ccc(Cl)cc1. The fourth-order valence-electron chi connectivity index (χ4n) is 2.17. The van der Waals surface area contributed by atoms with Crippen molar-refractivity contribution in [2.75, 3.05) is 13.7 Å². The summed E-state index contributed by atoms with van der Waals surface area (Å²) in [5, 5.41) is 11.2. The number of nitrogens with zero attached hydrogens (tertiary/aromatic N) is 1. The third-order valence-corrected chi connectivity index (χ3v) is 3.61. The Morgan fingerprint density at radius 3 is 2.65 bits per heavy atom. The first-order valence-corrected chi connectivity index (χ1v) is 7.07. The quantitative estimate of drug-likeness (QED) is 0.821. The second-order valence-corrected chi connectivity index (χ2v) is 5.24. The van der Waals surface area contributed by atoms with Gasteiger partial charge >= 0.3 is 0 Å². The average molecular weight is 294 g/mol. The number of aromatic amines is 1. The first-order valence-electron chi connectivity index (χ1n) is 6.70. The van der Waals surface area contributed by atoms with E-state index in [0.717, 1.165) is 17.0 Å². The molecule has 1 aromatic heterocycles. The van der Waals surface area contributed by atoms with E-state index in [9.17, 15) is 0 Å². The summed E-state index contributed by atoms with van der Waals surface area (Å²) in [6, 6.07) is 8.38. The first-order chi connectivity index (χ1) is 9.70. The van der Waals surface area contributed by atoms with E-state index in [0.29, 0.717) is 6.61 Å². The van der Waals surface area contributed by atoms with Crippen molar-refractivity contribution in [1.82, 2.24) is 15.5 Å². The smallest absolute Gasteiger partial charge is 0.0534 e. The predicted octanol–water partition coefficient (Wildman–Crippen LogP) is 3.49. The van der Waals surface area contributed by atoms with Crippen LogP contribution in [0, 0.1) is 0 Å². The van der Waals surface area contributed by atoms with Crippen LogP contribution in [0.5, 0.6) is 0 Å². The van der Waals surface area contributed by atoms with Crippen LogP contribution in [0.1, 0.15) is 36.6 Å². The van der Waals surface area contributed by atoms with Crippen molar-refractivity contribution >= 4 is 11.6 Å². The van der Waals surface area contributed by atoms with Gasteiger partial charge in [-0.1, -0.05) is 23.7 Å². The van der Waals surface area contributed by atoms with E-state index in [1.165, 1.54) is 5.56 Å². The molecule has 2 N–H and O–H groups in total. The van der Waals surface area contributed by atoms with Gasteiger partial charge in [-0.25, -0.2) is 0 Å². The Morgan fingerprint density at radius 1 is 1.30 bits per heavy atom. The highest BCUT2D eigenvalue weighted by atomic mass is 35.5. The van der Waals surface area contributed by atoms with Crippen molar-refractivity contribution in [1.29, 1.82) is 0 Å². The van der Waals surface area contributed by atoms with E-state index in [-0.39, 0.29) is 12.1 Å². The van der Waals surface area contributed by atoms with Gasteiger partial charge in [0.1, 0.15) is 0 Å². The third-order valence-electron chi connectivity index (χ3n) is 3.35. The molecular weight excluding hydrogens is 274 g/mol. The van der Waals surface area contributed by atoms with E-state index in [4.69, 9.17) is 16.3 Å². The minimum Gasteiger partial charge on any atom is -0.385 e. The van der Waals surface area contributed by atoms with Gasteiger partial charge in [0, 0.05) is 42.6 Å². The lowest BCUT2D eigenvalue weighted by Crippen LogP contribution is -2.25. The molecule has 0 aliphatic carbocycles. The van der Waals surface area contributed by atoms with Crippen LogP contribution in [-0.4, -0.2) is 23.9 Å². The Morgan fingerprint density at radius 2 is 2.05 bits per heavy atom. The number of aromatic nitrogens is 2. The van der Waals surface area contributed by atoms with Crippen LogP contribution in [0.15, 0.2) is 36.7 Å². The van der Waals surface area contributed by atoms with Gasteiger partial charge < -0.3 is 10.1 Å². The van der Waals surface area contributed by atoms with Crippen LogP contribution in [0.2, 0.25) is 5.02 Å². The summed E-state index contributed by atoms with van der Waals surface area (Å²) in [5.74, 6) is 0. The summed E-state index contributed by atoms with van der Waals surface area (Å²) in [5.41, 5.74) is 2.35. The molecule has 4 nitrogen and oxygen atoms in total. The van der Waals surface area contributed by atoms with Crippen molar-refractivity contribution in [3.8, 4) is 0 Å². The number of hydrogen-bond donors (Lipinski definition) is 2. The maximum absolute atomic E-state index is 5.95. The normalized spacial score (nSPS) is 14.2. The van der Waals surface area contributed by atoms with Crippen LogP contribution < -0.4 is 5.32 Å². The lowest BCUT2D eigenvalue weighted by Gasteiger charge is -2.23. The summed E-state index contributed by atoms with van der Waals surface area (Å²) < 4.78 is 5.21. The Balaban J connectivity index is 2.08. The maximum Gasteiger partial charge on any atom is 0.0534 e. The van der Waals surface area contributed by atoms with E-state index in [1.54, 1.807) is 7.11 Å². The second kappa shape index (κ2) is 7.43. The van der Waals surface area contributed by atoms with Crippen LogP contribution >= 0.6 is 11.6 Å². The summed E-state index contributed by atoms with van der Waals surface area (Å²) >= 11 is 5.95. The van der Waals surface area contributed by atoms with Crippen LogP contribution in [0.3, 0.4) is 0 Å². The molecule has 0 aliphatic rings. The molecule has 0 radical (unpaired) electrons. The minimum absolute atomic E-state index is 0.214. The van der Waals surface area contributed by atoms with Gasteiger partial charge in [0.05, 0.1) is 6.20 Å². The monoisotopic (exact) mass is 293 g/mol. The zero-order valence-corrected chi connectivity index (χ0v) is 12.5. The molecule has 0 unspecified atom stereocenters. The molecule has 1 aromatic carbocycles. The van der Waals surface area contributed by atoms with Crippen molar-refractivity contribution in [2.45, 2.75) is 25.4 Å².